The monoisotopic (exact) mass is 626 g/mol. The van der Waals surface area contributed by atoms with Crippen molar-refractivity contribution in [2.45, 2.75) is 58.0 Å². The van der Waals surface area contributed by atoms with Crippen molar-refractivity contribution in [1.82, 2.24) is 20.3 Å². The van der Waals surface area contributed by atoms with E-state index in [4.69, 9.17) is 9.26 Å². The molecule has 1 unspecified atom stereocenters. The Morgan fingerprint density at radius 1 is 1.00 bits per heavy atom. The second-order valence-corrected chi connectivity index (χ2v) is 13.0. The number of likely N-dealkylation sites (tertiary alicyclic amines) is 1. The summed E-state index contributed by atoms with van der Waals surface area (Å²) in [6, 6.07) is 18.6. The molecule has 0 saturated carbocycles. The van der Waals surface area contributed by atoms with E-state index < -0.39 is 5.41 Å². The number of benzene rings is 2. The van der Waals surface area contributed by atoms with Crippen LogP contribution in [0.3, 0.4) is 0 Å². The average molecular weight is 627 g/mol. The van der Waals surface area contributed by atoms with Gasteiger partial charge in [-0.15, -0.1) is 0 Å². The minimum Gasteiger partial charge on any atom is -0.511 e. The van der Waals surface area contributed by atoms with Crippen LogP contribution in [0.4, 0.5) is 0 Å². The summed E-state index contributed by atoms with van der Waals surface area (Å²) in [5, 5.41) is 29.7. The van der Waals surface area contributed by atoms with Gasteiger partial charge in [0.05, 0.1) is 24.2 Å². The highest BCUT2D eigenvalue weighted by Crippen LogP contribution is 2.52. The van der Waals surface area contributed by atoms with Crippen LogP contribution in [0.5, 0.6) is 0 Å². The van der Waals surface area contributed by atoms with Gasteiger partial charge in [0.2, 0.25) is 0 Å². The van der Waals surface area contributed by atoms with Crippen molar-refractivity contribution in [3.63, 3.8) is 0 Å². The van der Waals surface area contributed by atoms with Gasteiger partial charge in [0.1, 0.15) is 11.5 Å². The molecule has 2 fully saturated rings. The molecule has 1 amide bonds. The number of aliphatic hydroxyl groups excluding tert-OH is 2. The zero-order chi connectivity index (χ0) is 32.3. The predicted molar refractivity (Wildman–Crippen MR) is 178 cm³/mol. The van der Waals surface area contributed by atoms with Gasteiger partial charge in [-0.1, -0.05) is 73.6 Å². The van der Waals surface area contributed by atoms with Crippen molar-refractivity contribution >= 4 is 11.5 Å². The number of hydrogen-bond donors (Lipinski definition) is 3. The van der Waals surface area contributed by atoms with Gasteiger partial charge in [-0.05, 0) is 61.9 Å². The lowest BCUT2D eigenvalue weighted by molar-refractivity contribution is 0.000231. The van der Waals surface area contributed by atoms with Gasteiger partial charge >= 0.3 is 0 Å². The number of aromatic nitrogens is 1. The Hall–Kier alpha value is -3.92. The van der Waals surface area contributed by atoms with E-state index in [0.29, 0.717) is 29.5 Å². The fraction of sp³-hybridized carbons (Fsp3) is 0.459. The van der Waals surface area contributed by atoms with E-state index in [1.54, 1.807) is 0 Å². The van der Waals surface area contributed by atoms with Crippen LogP contribution in [-0.4, -0.2) is 83.1 Å². The summed E-state index contributed by atoms with van der Waals surface area (Å²) in [6.07, 6.45) is 4.02. The molecule has 3 aromatic rings. The number of ether oxygens (including phenoxy) is 1. The molecule has 46 heavy (non-hydrogen) atoms. The van der Waals surface area contributed by atoms with Gasteiger partial charge in [0.25, 0.3) is 5.91 Å². The molecule has 3 aliphatic rings. The second kappa shape index (κ2) is 13.8. The number of hydrogen-bond acceptors (Lipinski definition) is 8. The molecule has 2 saturated heterocycles. The van der Waals surface area contributed by atoms with Crippen molar-refractivity contribution < 1.29 is 24.3 Å². The normalized spacial score (nSPS) is 21.9. The Kier molecular flexibility index (Phi) is 9.63. The van der Waals surface area contributed by atoms with E-state index in [0.717, 1.165) is 57.1 Å². The minimum absolute atomic E-state index is 0.0170. The summed E-state index contributed by atoms with van der Waals surface area (Å²) in [6.45, 7) is 13.1. The predicted octanol–water partition coefficient (Wildman–Crippen LogP) is 6.10. The van der Waals surface area contributed by atoms with Crippen LogP contribution in [0.25, 0.3) is 16.7 Å². The maximum Gasteiger partial charge on any atom is 0.274 e. The van der Waals surface area contributed by atoms with Crippen LogP contribution in [0, 0.1) is 5.92 Å². The van der Waals surface area contributed by atoms with Crippen molar-refractivity contribution in [3.8, 4) is 11.1 Å². The number of allylic oxidation sites excluding steroid dienone is 3. The molecular formula is C37H46N4O5. The first-order chi connectivity index (χ1) is 22.3. The molecule has 2 aliphatic heterocycles. The average Bonchev–Trinajstić information content (AvgIpc) is 3.52. The number of nitrogens with zero attached hydrogens (tertiary/aromatic N) is 3. The fourth-order valence-corrected chi connectivity index (χ4v) is 7.34. The third-order valence-corrected chi connectivity index (χ3v) is 10.0. The number of nitrogens with one attached hydrogen (secondary N) is 1. The highest BCUT2D eigenvalue weighted by atomic mass is 16.5. The first-order valence-electron chi connectivity index (χ1n) is 16.6. The molecule has 9 nitrogen and oxygen atoms in total. The minimum atomic E-state index is -1.06. The Bertz CT molecular complexity index is 1560. The molecular weight excluding hydrogens is 580 g/mol. The van der Waals surface area contributed by atoms with Crippen LogP contribution in [-0.2, 0) is 16.7 Å². The summed E-state index contributed by atoms with van der Waals surface area (Å²) < 4.78 is 11.6. The number of rotatable bonds is 9. The molecule has 1 aliphatic carbocycles. The summed E-state index contributed by atoms with van der Waals surface area (Å²) in [5.41, 5.74) is 3.23. The van der Waals surface area contributed by atoms with E-state index in [-0.39, 0.29) is 35.5 Å². The van der Waals surface area contributed by atoms with Gasteiger partial charge < -0.3 is 24.8 Å². The Morgan fingerprint density at radius 3 is 2.35 bits per heavy atom. The number of amides is 1. The highest BCUT2D eigenvalue weighted by molar-refractivity contribution is 5.99. The molecule has 0 bridgehead atoms. The molecule has 3 N–H and O–H groups in total. The summed E-state index contributed by atoms with van der Waals surface area (Å²) in [5.74, 6) is -0.0834. The second-order valence-electron chi connectivity index (χ2n) is 13.0. The third kappa shape index (κ3) is 6.24. The molecule has 3 heterocycles. The largest absolute Gasteiger partial charge is 0.511 e. The lowest BCUT2D eigenvalue weighted by Gasteiger charge is -2.40. The number of aliphatic hydroxyl groups is 2. The number of piperidine rings is 1. The van der Waals surface area contributed by atoms with Crippen molar-refractivity contribution in [2.24, 2.45) is 5.92 Å². The smallest absolute Gasteiger partial charge is 0.274 e. The van der Waals surface area contributed by atoms with E-state index in [1.807, 2.05) is 63.2 Å². The van der Waals surface area contributed by atoms with Gasteiger partial charge in [0, 0.05) is 43.9 Å². The molecule has 1 atom stereocenters. The van der Waals surface area contributed by atoms with Gasteiger partial charge in [-0.2, -0.15) is 0 Å². The lowest BCUT2D eigenvalue weighted by atomic mass is 9.64. The zero-order valence-electron chi connectivity index (χ0n) is 27.2. The zero-order valence-corrected chi connectivity index (χ0v) is 27.2. The third-order valence-electron chi connectivity index (χ3n) is 10.0. The van der Waals surface area contributed by atoms with E-state index in [2.05, 4.69) is 32.4 Å². The maximum absolute atomic E-state index is 13.3. The van der Waals surface area contributed by atoms with E-state index >= 15 is 0 Å². The highest BCUT2D eigenvalue weighted by Gasteiger charge is 2.49. The van der Waals surface area contributed by atoms with Crippen molar-refractivity contribution in [1.29, 1.82) is 0 Å². The SMILES string of the molecule is CCNC(=O)c1noc(C2(C(C)C)CC(c3ccccc3)=C(O)C=C2O)c1-c1ccc(CN2CCC(N3CCOCC3)CC2)cc1. The fourth-order valence-electron chi connectivity index (χ4n) is 7.34. The summed E-state index contributed by atoms with van der Waals surface area (Å²) >= 11 is 0. The standard InChI is InChI=1S/C37H46N4O5/c1-4-38-36(44)34-33(28-12-10-26(11-13-28)24-40-16-14-29(15-17-40)41-18-20-45-21-19-41)35(46-39-34)37(25(2)3)23-30(31(42)22-32(37)43)27-8-6-5-7-9-27/h5-13,22,25,29,42-43H,4,14-21,23-24H2,1-3H3,(H,38,44). The van der Waals surface area contributed by atoms with Crippen LogP contribution in [0.1, 0.15) is 67.4 Å². The molecule has 2 aromatic carbocycles. The number of carbonyl (C=O) groups is 1. The Labute approximate surface area is 271 Å². The van der Waals surface area contributed by atoms with Crippen LogP contribution in [0.15, 0.2) is 76.7 Å². The van der Waals surface area contributed by atoms with Crippen LogP contribution in [0.2, 0.25) is 0 Å². The van der Waals surface area contributed by atoms with Gasteiger partial charge in [-0.25, -0.2) is 0 Å². The molecule has 244 valence electrons. The molecule has 1 aromatic heterocycles. The Balaban J connectivity index is 1.30. The first-order valence-corrected chi connectivity index (χ1v) is 16.6. The van der Waals surface area contributed by atoms with Crippen molar-refractivity contribution in [2.75, 3.05) is 45.9 Å². The molecule has 6 rings (SSSR count). The van der Waals surface area contributed by atoms with E-state index in [1.165, 1.54) is 24.5 Å². The van der Waals surface area contributed by atoms with Crippen LogP contribution >= 0.6 is 0 Å². The number of morpholine rings is 1. The molecule has 0 spiro atoms. The van der Waals surface area contributed by atoms with Crippen LogP contribution < -0.4 is 5.32 Å². The number of carbonyl (C=O) groups excluding carboxylic acids is 1. The quantitative estimate of drug-likeness (QED) is 0.262. The summed E-state index contributed by atoms with van der Waals surface area (Å²) in [4.78, 5) is 18.4. The van der Waals surface area contributed by atoms with Gasteiger partial charge in [-0.3, -0.25) is 14.6 Å². The molecule has 0 radical (unpaired) electrons. The summed E-state index contributed by atoms with van der Waals surface area (Å²) in [7, 11) is 0. The lowest BCUT2D eigenvalue weighted by Crippen LogP contribution is -2.48. The van der Waals surface area contributed by atoms with Gasteiger partial charge in [0.15, 0.2) is 11.5 Å². The van der Waals surface area contributed by atoms with E-state index in [9.17, 15) is 15.0 Å². The first kappa shape index (κ1) is 32.0. The van der Waals surface area contributed by atoms with Crippen molar-refractivity contribution in [3.05, 3.63) is 94.8 Å². The molecule has 9 heteroatoms. The Morgan fingerprint density at radius 2 is 1.70 bits per heavy atom. The topological polar surface area (TPSA) is 111 Å². The maximum atomic E-state index is 13.3.